The Morgan fingerprint density at radius 1 is 0.863 bits per heavy atom. The van der Waals surface area contributed by atoms with Crippen LogP contribution in [0.4, 0.5) is 17.5 Å². The maximum Gasteiger partial charge on any atom is 0.246 e. The van der Waals surface area contributed by atoms with E-state index in [1.54, 1.807) is 23.5 Å². The number of carbonyl (C=O) groups is 3. The number of aromatic hydroxyl groups is 1. The van der Waals surface area contributed by atoms with Crippen LogP contribution in [-0.4, -0.2) is 132 Å². The number of carbonyl (C=O) groups excluding carboxylic acids is 3. The molecule has 3 amide bonds. The first-order valence-electron chi connectivity index (χ1n) is 26.2. The number of aryl methyl sites for hydroxylation is 1. The molecular formula is C55H70N12O5S. The number of anilines is 3. The molecule has 0 radical (unpaired) electrons. The van der Waals surface area contributed by atoms with E-state index in [4.69, 9.17) is 15.7 Å². The number of piperazine rings is 1. The third-order valence-electron chi connectivity index (χ3n) is 16.2. The smallest absolute Gasteiger partial charge is 0.246 e. The van der Waals surface area contributed by atoms with Gasteiger partial charge in [-0.15, -0.1) is 21.5 Å². The van der Waals surface area contributed by atoms with Crippen molar-refractivity contribution in [3.05, 3.63) is 89.3 Å². The molecule has 5 aliphatic rings. The molecule has 4 saturated heterocycles. The van der Waals surface area contributed by atoms with Crippen LogP contribution in [0.25, 0.3) is 21.7 Å². The minimum atomic E-state index is -0.848. The Bertz CT molecular complexity index is 2740. The number of aliphatic hydroxyl groups is 1. The number of benzene rings is 2. The van der Waals surface area contributed by atoms with Crippen LogP contribution in [0.2, 0.25) is 0 Å². The molecule has 2 bridgehead atoms. The fourth-order valence-corrected chi connectivity index (χ4v) is 12.8. The maximum absolute atomic E-state index is 14.3. The quantitative estimate of drug-likeness (QED) is 0.0874. The molecule has 18 heteroatoms. The Kier molecular flexibility index (Phi) is 14.7. The van der Waals surface area contributed by atoms with Gasteiger partial charge in [0.05, 0.1) is 33.6 Å². The number of aliphatic hydroxyl groups excluding tert-OH is 1. The van der Waals surface area contributed by atoms with Crippen LogP contribution in [0.3, 0.4) is 0 Å². The van der Waals surface area contributed by atoms with E-state index in [1.165, 1.54) is 10.5 Å². The number of piperidine rings is 1. The van der Waals surface area contributed by atoms with Gasteiger partial charge in [0.1, 0.15) is 17.8 Å². The molecule has 5 aromatic rings. The van der Waals surface area contributed by atoms with Gasteiger partial charge in [0, 0.05) is 75.1 Å². The number of likely N-dealkylation sites (tertiary alicyclic amines) is 2. The van der Waals surface area contributed by atoms with E-state index in [9.17, 15) is 24.6 Å². The molecule has 10 rings (SSSR count). The lowest BCUT2D eigenvalue weighted by molar-refractivity contribution is -0.144. The van der Waals surface area contributed by atoms with Gasteiger partial charge in [-0.2, -0.15) is 0 Å². The summed E-state index contributed by atoms with van der Waals surface area (Å²) in [5.41, 5.74) is 13.8. The number of β-amino-alcohol motifs (C(OH)–C–C–N with tert-alkyl or cyclic N) is 1. The highest BCUT2D eigenvalue weighted by atomic mass is 32.1. The molecule has 1 aliphatic carbocycles. The van der Waals surface area contributed by atoms with Crippen molar-refractivity contribution in [3.63, 3.8) is 0 Å². The summed E-state index contributed by atoms with van der Waals surface area (Å²) in [7, 11) is 0. The van der Waals surface area contributed by atoms with Crippen molar-refractivity contribution in [1.82, 2.24) is 45.6 Å². The molecule has 3 unspecified atom stereocenters. The minimum Gasteiger partial charge on any atom is -0.507 e. The predicted molar refractivity (Wildman–Crippen MR) is 283 cm³/mol. The Labute approximate surface area is 432 Å². The second-order valence-electron chi connectivity index (χ2n) is 22.2. The number of para-hydroxylation sites is 1. The van der Waals surface area contributed by atoms with E-state index in [0.29, 0.717) is 28.9 Å². The standard InChI is InChI=1S/C55H70N12O5S/c1-33-48(73-32-60-33)37-13-9-34(10-14-37)25-57-52(71)46-23-42(68)31-66(46)53(72)49(55(2,3)4)61-51(70)38-15-11-35(12-16-38)28-64-21-19-36(20-22-64)39-26-58-54(59-27-39)67-40-17-18-41(67)30-65(29-40)45-24-44(62-63-50(45)56)43-7-5-6-8-47(43)69/h5-10,13-14,24,26-27,32,35-36,38,40-42,46,49,68-69H,11-12,15-23,25,28-31H2,1-4H3,(H2,56,63)(H,57,71)(H,61,70)/t35?,38?,40?,41?,42-,46?,49-/m1/s1. The first kappa shape index (κ1) is 50.3. The number of nitrogens with zero attached hydrogens (tertiary/aromatic N) is 9. The first-order chi connectivity index (χ1) is 35.2. The molecule has 1 saturated carbocycles. The number of nitrogens with two attached hydrogens (primary N) is 1. The van der Waals surface area contributed by atoms with Crippen LogP contribution in [0.1, 0.15) is 101 Å². The topological polar surface area (TPSA) is 219 Å². The molecule has 73 heavy (non-hydrogen) atoms. The SMILES string of the molecule is Cc1ncsc1-c1ccc(CNC(=O)C2C[C@@H](O)CN2C(=O)[C@@H](NC(=O)C2CCC(CN3CCC(c4cnc(N5C6CCC5CN(c5cc(-c7ccccc7O)nnc5N)C6)nc4)CC3)CC2)C(C)(C)C)cc1. The summed E-state index contributed by atoms with van der Waals surface area (Å²) >= 11 is 1.59. The highest BCUT2D eigenvalue weighted by molar-refractivity contribution is 7.13. The predicted octanol–water partition coefficient (Wildman–Crippen LogP) is 6.31. The van der Waals surface area contributed by atoms with Gasteiger partial charge in [0.15, 0.2) is 5.82 Å². The van der Waals surface area contributed by atoms with Gasteiger partial charge >= 0.3 is 0 Å². The number of phenolic OH excluding ortho intramolecular Hbond substituents is 1. The van der Waals surface area contributed by atoms with Crippen molar-refractivity contribution < 1.29 is 24.6 Å². The van der Waals surface area contributed by atoms with Gasteiger partial charge in [-0.1, -0.05) is 57.2 Å². The fraction of sp³-hybridized carbons (Fsp3) is 0.527. The van der Waals surface area contributed by atoms with Crippen LogP contribution in [0, 0.1) is 24.2 Å². The highest BCUT2D eigenvalue weighted by Gasteiger charge is 2.46. The molecule has 6 N–H and O–H groups in total. The van der Waals surface area contributed by atoms with Crippen molar-refractivity contribution in [2.24, 2.45) is 17.3 Å². The second-order valence-corrected chi connectivity index (χ2v) is 23.1. The normalized spacial score (nSPS) is 24.2. The van der Waals surface area contributed by atoms with Gasteiger partial charge in [0.2, 0.25) is 23.7 Å². The van der Waals surface area contributed by atoms with Crippen molar-refractivity contribution in [2.45, 2.75) is 128 Å². The second kappa shape index (κ2) is 21.3. The number of thiazole rings is 1. The Morgan fingerprint density at radius 3 is 2.22 bits per heavy atom. The third kappa shape index (κ3) is 11.0. The van der Waals surface area contributed by atoms with Crippen molar-refractivity contribution in [1.29, 1.82) is 0 Å². The minimum absolute atomic E-state index is 0.0410. The summed E-state index contributed by atoms with van der Waals surface area (Å²) in [5.74, 6) is 1.29. The van der Waals surface area contributed by atoms with Crippen LogP contribution < -0.4 is 26.2 Å². The Hall–Kier alpha value is -6.24. The van der Waals surface area contributed by atoms with E-state index in [1.807, 2.05) is 88.1 Å². The number of phenols is 1. The number of amides is 3. The monoisotopic (exact) mass is 1010 g/mol. The number of hydrogen-bond acceptors (Lipinski definition) is 15. The lowest BCUT2D eigenvalue weighted by Crippen LogP contribution is -2.58. The number of fused-ring (bicyclic) bond motifs is 2. The average molecular weight is 1010 g/mol. The van der Waals surface area contributed by atoms with Crippen LogP contribution in [-0.2, 0) is 20.9 Å². The fourth-order valence-electron chi connectivity index (χ4n) is 12.0. The zero-order valence-electron chi connectivity index (χ0n) is 42.5. The summed E-state index contributed by atoms with van der Waals surface area (Å²) < 4.78 is 0. The van der Waals surface area contributed by atoms with E-state index in [-0.39, 0.29) is 61.0 Å². The molecule has 4 aliphatic heterocycles. The zero-order valence-corrected chi connectivity index (χ0v) is 43.3. The van der Waals surface area contributed by atoms with Gasteiger partial charge in [0.25, 0.3) is 0 Å². The number of nitrogen functional groups attached to an aromatic ring is 1. The third-order valence-corrected chi connectivity index (χ3v) is 17.2. The van der Waals surface area contributed by atoms with E-state index >= 15 is 0 Å². The van der Waals surface area contributed by atoms with Gasteiger partial charge in [-0.25, -0.2) is 15.0 Å². The van der Waals surface area contributed by atoms with Crippen molar-refractivity contribution in [3.8, 4) is 27.4 Å². The molecular weight excluding hydrogens is 941 g/mol. The first-order valence-corrected chi connectivity index (χ1v) is 27.1. The van der Waals surface area contributed by atoms with Crippen LogP contribution >= 0.6 is 11.3 Å². The number of rotatable bonds is 13. The largest absolute Gasteiger partial charge is 0.507 e. The Morgan fingerprint density at radius 2 is 1.56 bits per heavy atom. The summed E-state index contributed by atoms with van der Waals surface area (Å²) in [6.07, 6.45) is 11.0. The molecule has 2 aromatic carbocycles. The molecule has 5 atom stereocenters. The summed E-state index contributed by atoms with van der Waals surface area (Å²) in [5, 5.41) is 35.8. The molecule has 7 heterocycles. The number of hydrogen-bond donors (Lipinski definition) is 5. The van der Waals surface area contributed by atoms with Gasteiger partial charge in [-0.3, -0.25) is 14.4 Å². The molecule has 5 fully saturated rings. The summed E-state index contributed by atoms with van der Waals surface area (Å²) in [6.45, 7) is 12.7. The molecule has 17 nitrogen and oxygen atoms in total. The molecule has 0 spiro atoms. The van der Waals surface area contributed by atoms with Crippen LogP contribution in [0.15, 0.2) is 72.5 Å². The van der Waals surface area contributed by atoms with E-state index < -0.39 is 23.6 Å². The van der Waals surface area contributed by atoms with Crippen LogP contribution in [0.5, 0.6) is 5.75 Å². The maximum atomic E-state index is 14.3. The van der Waals surface area contributed by atoms with E-state index in [2.05, 4.69) is 40.5 Å². The summed E-state index contributed by atoms with van der Waals surface area (Å²) in [4.78, 5) is 66.0. The molecule has 3 aromatic heterocycles. The number of aromatic nitrogens is 5. The van der Waals surface area contributed by atoms with Crippen molar-refractivity contribution in [2.75, 3.05) is 54.8 Å². The number of nitrogens with one attached hydrogen (secondary N) is 2. The highest BCUT2D eigenvalue weighted by Crippen LogP contribution is 2.39. The van der Waals surface area contributed by atoms with Crippen molar-refractivity contribution >= 4 is 46.5 Å². The van der Waals surface area contributed by atoms with E-state index in [0.717, 1.165) is 117 Å². The Balaban J connectivity index is 0.670. The molecule has 386 valence electrons. The average Bonchev–Trinajstić information content (AvgIpc) is 4.08. The lowest BCUT2D eigenvalue weighted by atomic mass is 9.80. The lowest BCUT2D eigenvalue weighted by Gasteiger charge is -2.42. The van der Waals surface area contributed by atoms with Gasteiger partial charge < -0.3 is 46.2 Å². The van der Waals surface area contributed by atoms with Gasteiger partial charge in [-0.05, 0) is 124 Å². The summed E-state index contributed by atoms with van der Waals surface area (Å²) in [6, 6.07) is 15.9. The zero-order chi connectivity index (χ0) is 51.0.